The van der Waals surface area contributed by atoms with E-state index in [2.05, 4.69) is 26.0 Å². The minimum absolute atomic E-state index is 0.0545. The Hall–Kier alpha value is -0.750. The summed E-state index contributed by atoms with van der Waals surface area (Å²) in [4.78, 5) is 11.3. The van der Waals surface area contributed by atoms with Crippen LogP contribution in [0, 0.1) is 17.8 Å². The first-order chi connectivity index (χ1) is 13.4. The van der Waals surface area contributed by atoms with Gasteiger partial charge < -0.3 is 20.1 Å². The van der Waals surface area contributed by atoms with Gasteiger partial charge in [0.25, 0.3) is 0 Å². The first kappa shape index (κ1) is 23.5. The molecule has 28 heavy (non-hydrogen) atoms. The lowest BCUT2D eigenvalue weighted by Gasteiger charge is -2.20. The minimum Gasteiger partial charge on any atom is -0.388 e. The van der Waals surface area contributed by atoms with Gasteiger partial charge in [0.15, 0.2) is 0 Å². The summed E-state index contributed by atoms with van der Waals surface area (Å²) < 4.78 is 6.19. The molecule has 0 aromatic heterocycles. The Morgan fingerprint density at radius 2 is 2.04 bits per heavy atom. The van der Waals surface area contributed by atoms with E-state index in [0.29, 0.717) is 24.4 Å². The van der Waals surface area contributed by atoms with Crippen LogP contribution in [0.1, 0.15) is 84.5 Å². The third-order valence-corrected chi connectivity index (χ3v) is 6.75. The Balaban J connectivity index is 1.74. The van der Waals surface area contributed by atoms with Gasteiger partial charge in [-0.2, -0.15) is 0 Å². The van der Waals surface area contributed by atoms with E-state index in [1.165, 1.54) is 38.5 Å². The monoisotopic (exact) mass is 396 g/mol. The van der Waals surface area contributed by atoms with Gasteiger partial charge in [-0.05, 0) is 56.3 Å². The average molecular weight is 397 g/mol. The molecule has 5 heteroatoms. The number of aliphatic hydroxyl groups is 3. The second-order valence-corrected chi connectivity index (χ2v) is 8.81. The fraction of sp³-hybridized carbons (Fsp3) is 0.870. The van der Waals surface area contributed by atoms with Crippen molar-refractivity contribution in [3.05, 3.63) is 12.2 Å². The SMILES string of the molecule is CCCC[C@H](CC)CC=C[C@H]1CC[C@H]2O[C@@H](CCCC(O)(O)C(=O)CO)C[C@H]12. The van der Waals surface area contributed by atoms with Gasteiger partial charge in [0, 0.05) is 6.42 Å². The Morgan fingerprint density at radius 1 is 1.25 bits per heavy atom. The van der Waals surface area contributed by atoms with Crippen molar-refractivity contribution in [2.45, 2.75) is 102 Å². The van der Waals surface area contributed by atoms with Crippen molar-refractivity contribution in [2.75, 3.05) is 6.61 Å². The molecule has 0 aromatic carbocycles. The Bertz CT molecular complexity index is 501. The molecule has 2 fully saturated rings. The molecule has 1 aliphatic carbocycles. The van der Waals surface area contributed by atoms with Crippen LogP contribution in [-0.4, -0.2) is 45.7 Å². The van der Waals surface area contributed by atoms with Gasteiger partial charge in [-0.15, -0.1) is 0 Å². The highest BCUT2D eigenvalue weighted by atomic mass is 16.5. The second kappa shape index (κ2) is 11.4. The highest BCUT2D eigenvalue weighted by Crippen LogP contribution is 2.45. The summed E-state index contributed by atoms with van der Waals surface area (Å²) in [6, 6.07) is 0. The zero-order valence-electron chi connectivity index (χ0n) is 17.7. The first-order valence-corrected chi connectivity index (χ1v) is 11.3. The maximum absolute atomic E-state index is 11.3. The molecule has 0 bridgehead atoms. The smallest absolute Gasteiger partial charge is 0.226 e. The standard InChI is InChI=1S/C23H40O5/c1-3-5-8-17(4-2)9-6-10-18-12-13-21-20(18)15-19(28-21)11-7-14-23(26,27)22(25)16-24/h6,10,17-21,24,26-27H,3-5,7-9,11-16H2,1-2H3/t17-,18-,19-,20+,21+/m0/s1. The number of allylic oxidation sites excluding steroid dienone is 2. The van der Waals surface area contributed by atoms with Crippen molar-refractivity contribution >= 4 is 5.78 Å². The molecule has 0 amide bonds. The highest BCUT2D eigenvalue weighted by molar-refractivity contribution is 5.86. The second-order valence-electron chi connectivity index (χ2n) is 8.81. The average Bonchev–Trinajstić information content (AvgIpc) is 3.24. The molecule has 1 aliphatic heterocycles. The molecule has 0 spiro atoms. The van der Waals surface area contributed by atoms with Crippen LogP contribution >= 0.6 is 0 Å². The number of Topliss-reactive ketones (excluding diaryl/α,β-unsaturated/α-hetero) is 1. The van der Waals surface area contributed by atoms with Crippen molar-refractivity contribution in [3.63, 3.8) is 0 Å². The van der Waals surface area contributed by atoms with Crippen molar-refractivity contribution in [1.82, 2.24) is 0 Å². The van der Waals surface area contributed by atoms with Gasteiger partial charge in [-0.3, -0.25) is 4.79 Å². The lowest BCUT2D eigenvalue weighted by atomic mass is 9.88. The number of hydrogen-bond acceptors (Lipinski definition) is 5. The molecule has 0 radical (unpaired) electrons. The predicted octanol–water partition coefficient (Wildman–Crippen LogP) is 3.75. The summed E-state index contributed by atoms with van der Waals surface area (Å²) >= 11 is 0. The van der Waals surface area contributed by atoms with Crippen molar-refractivity contribution in [3.8, 4) is 0 Å². The summed E-state index contributed by atoms with van der Waals surface area (Å²) in [5.74, 6) is -1.37. The van der Waals surface area contributed by atoms with E-state index in [1.807, 2.05) is 0 Å². The maximum Gasteiger partial charge on any atom is 0.226 e. The topological polar surface area (TPSA) is 87.0 Å². The molecule has 0 unspecified atom stereocenters. The van der Waals surface area contributed by atoms with Crippen LogP contribution in [-0.2, 0) is 9.53 Å². The summed E-state index contributed by atoms with van der Waals surface area (Å²) in [5, 5.41) is 28.1. The van der Waals surface area contributed by atoms with Crippen LogP contribution in [0.2, 0.25) is 0 Å². The fourth-order valence-electron chi connectivity index (χ4n) is 4.86. The summed E-state index contributed by atoms with van der Waals surface area (Å²) in [6.45, 7) is 3.70. The number of rotatable bonds is 13. The zero-order chi connectivity index (χ0) is 20.6. The molecule has 0 aromatic rings. The van der Waals surface area contributed by atoms with Gasteiger partial charge >= 0.3 is 0 Å². The molecule has 3 N–H and O–H groups in total. The minimum atomic E-state index is -2.41. The summed E-state index contributed by atoms with van der Waals surface area (Å²) in [7, 11) is 0. The Labute approximate surface area is 170 Å². The maximum atomic E-state index is 11.3. The zero-order valence-corrected chi connectivity index (χ0v) is 17.7. The van der Waals surface area contributed by atoms with E-state index in [-0.39, 0.29) is 12.5 Å². The number of ketones is 1. The normalized spacial score (nSPS) is 28.8. The highest BCUT2D eigenvalue weighted by Gasteiger charge is 2.43. The molecule has 5 atom stereocenters. The van der Waals surface area contributed by atoms with Crippen molar-refractivity contribution < 1.29 is 24.9 Å². The number of fused-ring (bicyclic) bond motifs is 1. The van der Waals surface area contributed by atoms with Crippen LogP contribution < -0.4 is 0 Å². The quantitative estimate of drug-likeness (QED) is 0.326. The molecule has 1 heterocycles. The number of carbonyl (C=O) groups excluding carboxylic acids is 1. The summed E-state index contributed by atoms with van der Waals surface area (Å²) in [5.41, 5.74) is 0. The number of unbranched alkanes of at least 4 members (excludes halogenated alkanes) is 1. The molecular formula is C23H40O5. The van der Waals surface area contributed by atoms with Crippen molar-refractivity contribution in [2.24, 2.45) is 17.8 Å². The van der Waals surface area contributed by atoms with Gasteiger partial charge in [-0.1, -0.05) is 51.7 Å². The number of ether oxygens (including phenoxy) is 1. The van der Waals surface area contributed by atoms with Crippen molar-refractivity contribution in [1.29, 1.82) is 0 Å². The molecule has 162 valence electrons. The fourth-order valence-corrected chi connectivity index (χ4v) is 4.86. The predicted molar refractivity (Wildman–Crippen MR) is 110 cm³/mol. The van der Waals surface area contributed by atoms with E-state index in [4.69, 9.17) is 9.84 Å². The molecule has 2 aliphatic rings. The van der Waals surface area contributed by atoms with E-state index in [9.17, 15) is 15.0 Å². The molecular weight excluding hydrogens is 356 g/mol. The van der Waals surface area contributed by atoms with Gasteiger partial charge in [-0.25, -0.2) is 0 Å². The van der Waals surface area contributed by atoms with Crippen LogP contribution in [0.4, 0.5) is 0 Å². The van der Waals surface area contributed by atoms with E-state index in [1.54, 1.807) is 0 Å². The first-order valence-electron chi connectivity index (χ1n) is 11.3. The largest absolute Gasteiger partial charge is 0.388 e. The van der Waals surface area contributed by atoms with Crippen LogP contribution in [0.25, 0.3) is 0 Å². The van der Waals surface area contributed by atoms with Gasteiger partial charge in [0.05, 0.1) is 12.2 Å². The van der Waals surface area contributed by atoms with Crippen LogP contribution in [0.15, 0.2) is 12.2 Å². The van der Waals surface area contributed by atoms with Gasteiger partial charge in [0.1, 0.15) is 6.61 Å². The van der Waals surface area contributed by atoms with Crippen LogP contribution in [0.3, 0.4) is 0 Å². The lowest BCUT2D eigenvalue weighted by molar-refractivity contribution is -0.188. The lowest BCUT2D eigenvalue weighted by Crippen LogP contribution is -2.40. The molecule has 1 saturated heterocycles. The Morgan fingerprint density at radius 3 is 2.71 bits per heavy atom. The number of aliphatic hydroxyl groups excluding tert-OH is 1. The van der Waals surface area contributed by atoms with E-state index in [0.717, 1.165) is 25.2 Å². The number of hydrogen-bond donors (Lipinski definition) is 3. The third kappa shape index (κ3) is 6.65. The molecule has 2 rings (SSSR count). The van der Waals surface area contributed by atoms with Gasteiger partial charge in [0.2, 0.25) is 11.6 Å². The molecule has 5 nitrogen and oxygen atoms in total. The summed E-state index contributed by atoms with van der Waals surface area (Å²) in [6.07, 6.45) is 16.1. The van der Waals surface area contributed by atoms with E-state index >= 15 is 0 Å². The van der Waals surface area contributed by atoms with E-state index < -0.39 is 18.2 Å². The van der Waals surface area contributed by atoms with Crippen LogP contribution in [0.5, 0.6) is 0 Å². The molecule has 1 saturated carbocycles. The Kier molecular flexibility index (Phi) is 9.61. The number of carbonyl (C=O) groups is 1. The third-order valence-electron chi connectivity index (χ3n) is 6.75.